The average molecular weight is 389 g/mol. The van der Waals surface area contributed by atoms with Gasteiger partial charge in [0.15, 0.2) is 5.11 Å². The maximum Gasteiger partial charge on any atom is 0.175 e. The Labute approximate surface area is 167 Å². The highest BCUT2D eigenvalue weighted by Crippen LogP contribution is 2.29. The van der Waals surface area contributed by atoms with Gasteiger partial charge in [-0.1, -0.05) is 30.3 Å². The first kappa shape index (κ1) is 17.3. The molecule has 2 heterocycles. The second-order valence-electron chi connectivity index (χ2n) is 5.81. The molecule has 0 aliphatic rings. The van der Waals surface area contributed by atoms with Crippen LogP contribution in [0.5, 0.6) is 0 Å². The molecule has 0 amide bonds. The molecule has 0 spiro atoms. The van der Waals surface area contributed by atoms with Crippen LogP contribution in [-0.4, -0.2) is 15.1 Å². The van der Waals surface area contributed by atoms with Crippen molar-refractivity contribution in [2.24, 2.45) is 0 Å². The van der Waals surface area contributed by atoms with E-state index in [2.05, 4.69) is 21.0 Å². The molecule has 4 nitrogen and oxygen atoms in total. The first-order valence-corrected chi connectivity index (χ1v) is 9.66. The topological polar surface area (TPSA) is 49.8 Å². The molecule has 0 saturated heterocycles. The fraction of sp³-hybridized carbons (Fsp3) is 0. The molecule has 0 bridgehead atoms. The number of benzene rings is 2. The Morgan fingerprint density at radius 1 is 0.852 bits per heavy atom. The monoisotopic (exact) mass is 388 g/mol. The van der Waals surface area contributed by atoms with E-state index >= 15 is 0 Å². The van der Waals surface area contributed by atoms with E-state index in [0.29, 0.717) is 5.11 Å². The van der Waals surface area contributed by atoms with Gasteiger partial charge < -0.3 is 10.6 Å². The minimum absolute atomic E-state index is 0.549. The van der Waals surface area contributed by atoms with Gasteiger partial charge in [-0.15, -0.1) is 11.3 Å². The quantitative estimate of drug-likeness (QED) is 0.440. The molecule has 132 valence electrons. The molecule has 27 heavy (non-hydrogen) atoms. The van der Waals surface area contributed by atoms with Crippen molar-refractivity contribution in [2.45, 2.75) is 0 Å². The van der Waals surface area contributed by atoms with Gasteiger partial charge >= 0.3 is 0 Å². The molecule has 4 rings (SSSR count). The normalized spacial score (nSPS) is 10.4. The van der Waals surface area contributed by atoms with Crippen molar-refractivity contribution in [2.75, 3.05) is 10.6 Å². The number of aromatic nitrogens is 2. The maximum absolute atomic E-state index is 5.40. The van der Waals surface area contributed by atoms with Crippen molar-refractivity contribution in [1.82, 2.24) is 9.97 Å². The second-order valence-corrected chi connectivity index (χ2v) is 7.07. The van der Waals surface area contributed by atoms with Crippen LogP contribution in [0, 0.1) is 0 Å². The van der Waals surface area contributed by atoms with Crippen LogP contribution in [0.25, 0.3) is 21.8 Å². The highest BCUT2D eigenvalue weighted by atomic mass is 32.1. The summed E-state index contributed by atoms with van der Waals surface area (Å²) in [7, 11) is 0. The molecule has 6 heteroatoms. The number of nitrogens with zero attached hydrogens (tertiary/aromatic N) is 2. The molecule has 0 fully saturated rings. The number of hydrogen-bond acceptors (Lipinski definition) is 4. The van der Waals surface area contributed by atoms with Crippen LogP contribution in [0.1, 0.15) is 0 Å². The van der Waals surface area contributed by atoms with Crippen LogP contribution >= 0.6 is 23.6 Å². The lowest BCUT2D eigenvalue weighted by Crippen LogP contribution is -2.18. The summed E-state index contributed by atoms with van der Waals surface area (Å²) in [6.07, 6.45) is 3.59. The third kappa shape index (κ3) is 4.36. The van der Waals surface area contributed by atoms with Gasteiger partial charge in [-0.25, -0.2) is 4.98 Å². The van der Waals surface area contributed by atoms with Crippen LogP contribution in [0.3, 0.4) is 0 Å². The van der Waals surface area contributed by atoms with Gasteiger partial charge in [-0.2, -0.15) is 0 Å². The van der Waals surface area contributed by atoms with Gasteiger partial charge in [0.2, 0.25) is 0 Å². The smallest absolute Gasteiger partial charge is 0.175 e. The van der Waals surface area contributed by atoms with Crippen LogP contribution in [0.4, 0.5) is 11.4 Å². The summed E-state index contributed by atoms with van der Waals surface area (Å²) in [5.41, 5.74) is 4.86. The minimum atomic E-state index is 0.549. The number of para-hydroxylation sites is 1. The Hall–Kier alpha value is -3.09. The Bertz CT molecular complexity index is 1050. The van der Waals surface area contributed by atoms with E-state index < -0.39 is 0 Å². The van der Waals surface area contributed by atoms with E-state index in [9.17, 15) is 0 Å². The lowest BCUT2D eigenvalue weighted by molar-refractivity contribution is 1.31. The molecule has 0 aliphatic heterocycles. The highest BCUT2D eigenvalue weighted by molar-refractivity contribution is 7.80. The van der Waals surface area contributed by atoms with Gasteiger partial charge in [0.05, 0.1) is 5.69 Å². The zero-order valence-electron chi connectivity index (χ0n) is 14.3. The molecule has 2 N–H and O–H groups in total. The van der Waals surface area contributed by atoms with E-state index in [0.717, 1.165) is 33.2 Å². The van der Waals surface area contributed by atoms with Gasteiger partial charge in [0, 0.05) is 40.3 Å². The SMILES string of the molecule is S=C(Nc1ccccc1)Nc1cccc(-c2csc(-c3cccnc3)n2)c1. The first-order valence-electron chi connectivity index (χ1n) is 8.37. The number of nitrogens with one attached hydrogen (secondary N) is 2. The Kier molecular flexibility index (Phi) is 5.18. The molecule has 2 aromatic heterocycles. The summed E-state index contributed by atoms with van der Waals surface area (Å²) in [6, 6.07) is 21.8. The molecule has 4 aromatic rings. The third-order valence-corrected chi connectivity index (χ3v) is 4.96. The third-order valence-electron chi connectivity index (χ3n) is 3.86. The molecule has 0 unspecified atom stereocenters. The molecule has 0 saturated carbocycles. The fourth-order valence-corrected chi connectivity index (χ4v) is 3.66. The molecule has 0 atom stereocenters. The summed E-state index contributed by atoms with van der Waals surface area (Å²) in [6.45, 7) is 0. The first-order chi connectivity index (χ1) is 13.3. The van der Waals surface area contributed by atoms with Crippen LogP contribution in [0.15, 0.2) is 84.5 Å². The zero-order chi connectivity index (χ0) is 18.5. The van der Waals surface area contributed by atoms with Crippen molar-refractivity contribution >= 4 is 40.0 Å². The molecular weight excluding hydrogens is 372 g/mol. The summed E-state index contributed by atoms with van der Waals surface area (Å²) >= 11 is 7.01. The van der Waals surface area contributed by atoms with Crippen molar-refractivity contribution in [3.8, 4) is 21.8 Å². The number of pyridine rings is 1. The molecule has 2 aromatic carbocycles. The summed E-state index contributed by atoms with van der Waals surface area (Å²) < 4.78 is 0. The van der Waals surface area contributed by atoms with E-state index in [4.69, 9.17) is 17.2 Å². The molecule has 0 aliphatic carbocycles. The number of rotatable bonds is 4. The second kappa shape index (κ2) is 8.07. The van der Waals surface area contributed by atoms with Gasteiger partial charge in [0.1, 0.15) is 5.01 Å². The Morgan fingerprint density at radius 3 is 2.44 bits per heavy atom. The largest absolute Gasteiger partial charge is 0.332 e. The lowest BCUT2D eigenvalue weighted by Gasteiger charge is -2.11. The number of hydrogen-bond donors (Lipinski definition) is 2. The molecule has 0 radical (unpaired) electrons. The number of thiazole rings is 1. The van der Waals surface area contributed by atoms with Crippen LogP contribution in [-0.2, 0) is 0 Å². The standard InChI is InChI=1S/C21H16N4S2/c26-21(23-17-8-2-1-3-9-17)24-18-10-4-6-15(12-18)19-14-27-20(25-19)16-7-5-11-22-13-16/h1-14H,(H2,23,24,26). The van der Waals surface area contributed by atoms with Crippen molar-refractivity contribution < 1.29 is 0 Å². The van der Waals surface area contributed by atoms with E-state index in [1.807, 2.05) is 72.9 Å². The van der Waals surface area contributed by atoms with Gasteiger partial charge in [-0.3, -0.25) is 4.98 Å². The molecular formula is C21H16N4S2. The number of thiocarbonyl (C=S) groups is 1. The van der Waals surface area contributed by atoms with E-state index in [1.165, 1.54) is 0 Å². The summed E-state index contributed by atoms with van der Waals surface area (Å²) in [5, 5.41) is 9.96. The Balaban J connectivity index is 1.49. The van der Waals surface area contributed by atoms with Gasteiger partial charge in [-0.05, 0) is 48.6 Å². The van der Waals surface area contributed by atoms with Crippen molar-refractivity contribution in [1.29, 1.82) is 0 Å². The number of anilines is 2. The van der Waals surface area contributed by atoms with Crippen LogP contribution in [0.2, 0.25) is 0 Å². The predicted molar refractivity (Wildman–Crippen MR) is 117 cm³/mol. The van der Waals surface area contributed by atoms with E-state index in [-0.39, 0.29) is 0 Å². The highest BCUT2D eigenvalue weighted by Gasteiger charge is 2.08. The lowest BCUT2D eigenvalue weighted by atomic mass is 10.1. The summed E-state index contributed by atoms with van der Waals surface area (Å²) in [4.78, 5) is 8.90. The fourth-order valence-electron chi connectivity index (χ4n) is 2.60. The van der Waals surface area contributed by atoms with Gasteiger partial charge in [0.25, 0.3) is 0 Å². The van der Waals surface area contributed by atoms with Crippen molar-refractivity contribution in [3.05, 3.63) is 84.5 Å². The van der Waals surface area contributed by atoms with Crippen LogP contribution < -0.4 is 10.6 Å². The average Bonchev–Trinajstić information content (AvgIpc) is 3.20. The minimum Gasteiger partial charge on any atom is -0.332 e. The maximum atomic E-state index is 5.40. The van der Waals surface area contributed by atoms with E-state index in [1.54, 1.807) is 17.5 Å². The Morgan fingerprint density at radius 2 is 1.63 bits per heavy atom. The zero-order valence-corrected chi connectivity index (χ0v) is 15.9. The van der Waals surface area contributed by atoms with Crippen molar-refractivity contribution in [3.63, 3.8) is 0 Å². The summed E-state index contributed by atoms with van der Waals surface area (Å²) in [5.74, 6) is 0. The predicted octanol–water partition coefficient (Wildman–Crippen LogP) is 5.68.